The molecule has 0 spiro atoms. The Kier molecular flexibility index (Phi) is 4.23. The SMILES string of the molecule is CCNc1cnc(C(=O)NC2CC(OC)C2(C)C)cn1. The summed E-state index contributed by atoms with van der Waals surface area (Å²) in [6.07, 6.45) is 4.09. The number of anilines is 1. The van der Waals surface area contributed by atoms with E-state index in [1.807, 2.05) is 6.92 Å². The summed E-state index contributed by atoms with van der Waals surface area (Å²) in [4.78, 5) is 20.4. The number of carbonyl (C=O) groups is 1. The summed E-state index contributed by atoms with van der Waals surface area (Å²) in [5, 5.41) is 6.04. The fraction of sp³-hybridized carbons (Fsp3) is 0.643. The maximum absolute atomic E-state index is 12.1. The van der Waals surface area contributed by atoms with Crippen LogP contribution in [0.5, 0.6) is 0 Å². The second-order valence-corrected chi connectivity index (χ2v) is 5.62. The Bertz CT molecular complexity index is 473. The highest BCUT2D eigenvalue weighted by Crippen LogP contribution is 2.42. The lowest BCUT2D eigenvalue weighted by atomic mass is 9.64. The van der Waals surface area contributed by atoms with Crippen molar-refractivity contribution in [3.05, 3.63) is 18.1 Å². The Hall–Kier alpha value is -1.69. The van der Waals surface area contributed by atoms with Crippen molar-refractivity contribution in [1.82, 2.24) is 15.3 Å². The molecule has 1 aliphatic carbocycles. The van der Waals surface area contributed by atoms with Gasteiger partial charge >= 0.3 is 0 Å². The van der Waals surface area contributed by atoms with Crippen LogP contribution in [0.15, 0.2) is 12.4 Å². The maximum Gasteiger partial charge on any atom is 0.271 e. The summed E-state index contributed by atoms with van der Waals surface area (Å²) in [7, 11) is 1.70. The van der Waals surface area contributed by atoms with E-state index in [1.54, 1.807) is 13.3 Å². The summed E-state index contributed by atoms with van der Waals surface area (Å²) < 4.78 is 5.37. The Morgan fingerprint density at radius 1 is 1.45 bits per heavy atom. The number of rotatable bonds is 5. The highest BCUT2D eigenvalue weighted by Gasteiger charge is 2.49. The van der Waals surface area contributed by atoms with Crippen LogP contribution in [0.3, 0.4) is 0 Å². The quantitative estimate of drug-likeness (QED) is 0.852. The van der Waals surface area contributed by atoms with Crippen molar-refractivity contribution in [2.45, 2.75) is 39.3 Å². The lowest BCUT2D eigenvalue weighted by Gasteiger charge is -2.51. The number of nitrogens with one attached hydrogen (secondary N) is 2. The van der Waals surface area contributed by atoms with Gasteiger partial charge in [-0.05, 0) is 13.3 Å². The molecule has 1 aliphatic rings. The van der Waals surface area contributed by atoms with E-state index in [0.717, 1.165) is 13.0 Å². The van der Waals surface area contributed by atoms with E-state index in [0.29, 0.717) is 11.5 Å². The first-order valence-electron chi connectivity index (χ1n) is 6.88. The molecule has 20 heavy (non-hydrogen) atoms. The van der Waals surface area contributed by atoms with Crippen LogP contribution < -0.4 is 10.6 Å². The maximum atomic E-state index is 12.1. The summed E-state index contributed by atoms with van der Waals surface area (Å²) in [6, 6.07) is 0.107. The van der Waals surface area contributed by atoms with Gasteiger partial charge in [-0.2, -0.15) is 0 Å². The Labute approximate surface area is 119 Å². The molecular weight excluding hydrogens is 256 g/mol. The molecule has 1 saturated carbocycles. The van der Waals surface area contributed by atoms with Gasteiger partial charge in [-0.1, -0.05) is 13.8 Å². The second-order valence-electron chi connectivity index (χ2n) is 5.62. The van der Waals surface area contributed by atoms with E-state index in [-0.39, 0.29) is 23.5 Å². The van der Waals surface area contributed by atoms with Gasteiger partial charge in [0.25, 0.3) is 5.91 Å². The second kappa shape index (κ2) is 5.75. The molecule has 6 heteroatoms. The molecule has 0 aromatic carbocycles. The molecule has 110 valence electrons. The largest absolute Gasteiger partial charge is 0.381 e. The number of amides is 1. The van der Waals surface area contributed by atoms with Gasteiger partial charge in [0.1, 0.15) is 11.5 Å². The number of nitrogens with zero attached hydrogens (tertiary/aromatic N) is 2. The van der Waals surface area contributed by atoms with E-state index < -0.39 is 0 Å². The van der Waals surface area contributed by atoms with E-state index in [2.05, 4.69) is 34.4 Å². The molecule has 2 N–H and O–H groups in total. The van der Waals surface area contributed by atoms with Crippen molar-refractivity contribution in [1.29, 1.82) is 0 Å². The van der Waals surface area contributed by atoms with Gasteiger partial charge in [-0.3, -0.25) is 4.79 Å². The summed E-state index contributed by atoms with van der Waals surface area (Å²) in [5.41, 5.74) is 0.282. The minimum atomic E-state index is -0.187. The molecule has 2 unspecified atom stereocenters. The van der Waals surface area contributed by atoms with Crippen LogP contribution in [0.2, 0.25) is 0 Å². The molecule has 1 fully saturated rings. The third kappa shape index (κ3) is 2.75. The van der Waals surface area contributed by atoms with E-state index in [9.17, 15) is 4.79 Å². The topological polar surface area (TPSA) is 76.1 Å². The Balaban J connectivity index is 1.96. The molecular formula is C14H22N4O2. The molecule has 1 aromatic rings. The predicted molar refractivity (Wildman–Crippen MR) is 76.6 cm³/mol. The molecule has 0 aliphatic heterocycles. The minimum absolute atomic E-state index is 0.0540. The van der Waals surface area contributed by atoms with Crippen LogP contribution in [0.1, 0.15) is 37.7 Å². The van der Waals surface area contributed by atoms with Crippen LogP contribution >= 0.6 is 0 Å². The zero-order valence-corrected chi connectivity index (χ0v) is 12.4. The van der Waals surface area contributed by atoms with Crippen molar-refractivity contribution in [2.75, 3.05) is 19.0 Å². The van der Waals surface area contributed by atoms with Gasteiger partial charge in [0.15, 0.2) is 0 Å². The third-order valence-electron chi connectivity index (χ3n) is 4.01. The first-order valence-corrected chi connectivity index (χ1v) is 6.88. The number of aromatic nitrogens is 2. The lowest BCUT2D eigenvalue weighted by molar-refractivity contribution is -0.0942. The fourth-order valence-corrected chi connectivity index (χ4v) is 2.48. The molecule has 6 nitrogen and oxygen atoms in total. The van der Waals surface area contributed by atoms with Crippen LogP contribution in [0.25, 0.3) is 0 Å². The van der Waals surface area contributed by atoms with Gasteiger partial charge in [0.2, 0.25) is 0 Å². The predicted octanol–water partition coefficient (Wildman–Crippen LogP) is 1.45. The van der Waals surface area contributed by atoms with Gasteiger partial charge in [-0.15, -0.1) is 0 Å². The van der Waals surface area contributed by atoms with Crippen LogP contribution in [0, 0.1) is 5.41 Å². The molecule has 1 aromatic heterocycles. The van der Waals surface area contributed by atoms with E-state index in [1.165, 1.54) is 6.20 Å². The van der Waals surface area contributed by atoms with Gasteiger partial charge in [-0.25, -0.2) is 9.97 Å². The average molecular weight is 278 g/mol. The van der Waals surface area contributed by atoms with E-state index in [4.69, 9.17) is 4.74 Å². The number of hydrogen-bond acceptors (Lipinski definition) is 5. The van der Waals surface area contributed by atoms with Crippen LogP contribution in [-0.4, -0.2) is 41.7 Å². The molecule has 0 bridgehead atoms. The lowest BCUT2D eigenvalue weighted by Crippen LogP contribution is -2.61. The number of ether oxygens (including phenoxy) is 1. The molecule has 2 rings (SSSR count). The van der Waals surface area contributed by atoms with Gasteiger partial charge in [0.05, 0.1) is 18.5 Å². The minimum Gasteiger partial charge on any atom is -0.381 e. The number of carbonyl (C=O) groups excluding carboxylic acids is 1. The van der Waals surface area contributed by atoms with Gasteiger partial charge < -0.3 is 15.4 Å². The Morgan fingerprint density at radius 2 is 2.20 bits per heavy atom. The average Bonchev–Trinajstić information content (AvgIpc) is 2.44. The van der Waals surface area contributed by atoms with Crippen molar-refractivity contribution in [3.63, 3.8) is 0 Å². The van der Waals surface area contributed by atoms with Crippen LogP contribution in [-0.2, 0) is 4.74 Å². The molecule has 1 heterocycles. The molecule has 0 radical (unpaired) electrons. The van der Waals surface area contributed by atoms with Crippen LogP contribution in [0.4, 0.5) is 5.82 Å². The Morgan fingerprint density at radius 3 is 2.70 bits per heavy atom. The zero-order valence-electron chi connectivity index (χ0n) is 12.4. The van der Waals surface area contributed by atoms with Crippen molar-refractivity contribution in [3.8, 4) is 0 Å². The molecule has 2 atom stereocenters. The van der Waals surface area contributed by atoms with Gasteiger partial charge in [0, 0.05) is 25.1 Å². The smallest absolute Gasteiger partial charge is 0.271 e. The number of hydrogen-bond donors (Lipinski definition) is 2. The van der Waals surface area contributed by atoms with Crippen molar-refractivity contribution in [2.24, 2.45) is 5.41 Å². The third-order valence-corrected chi connectivity index (χ3v) is 4.01. The highest BCUT2D eigenvalue weighted by molar-refractivity contribution is 5.92. The van der Waals surface area contributed by atoms with Crippen molar-refractivity contribution >= 4 is 11.7 Å². The highest BCUT2D eigenvalue weighted by atomic mass is 16.5. The molecule has 1 amide bonds. The molecule has 0 saturated heterocycles. The normalized spacial score (nSPS) is 23.8. The standard InChI is InChI=1S/C14H22N4O2/c1-5-15-12-8-16-9(7-17-12)13(19)18-10-6-11(20-4)14(10,2)3/h7-8,10-11H,5-6H2,1-4H3,(H,15,17)(H,18,19). The zero-order chi connectivity index (χ0) is 14.8. The summed E-state index contributed by atoms with van der Waals surface area (Å²) in [5.74, 6) is 0.487. The fourth-order valence-electron chi connectivity index (χ4n) is 2.48. The van der Waals surface area contributed by atoms with Crippen molar-refractivity contribution < 1.29 is 9.53 Å². The first kappa shape index (κ1) is 14.7. The summed E-state index contributed by atoms with van der Waals surface area (Å²) in [6.45, 7) is 6.94. The summed E-state index contributed by atoms with van der Waals surface area (Å²) >= 11 is 0. The van der Waals surface area contributed by atoms with E-state index >= 15 is 0 Å². The number of methoxy groups -OCH3 is 1. The first-order chi connectivity index (χ1) is 9.48. The monoisotopic (exact) mass is 278 g/mol.